The van der Waals surface area contributed by atoms with Crippen LogP contribution in [0.1, 0.15) is 5.56 Å². The van der Waals surface area contributed by atoms with E-state index in [2.05, 4.69) is 10.3 Å². The van der Waals surface area contributed by atoms with Gasteiger partial charge in [0.25, 0.3) is 5.91 Å². The van der Waals surface area contributed by atoms with Crippen LogP contribution in [0.4, 0.5) is 5.69 Å². The number of aliphatic imine (C=N–C) groups is 1. The van der Waals surface area contributed by atoms with Crippen LogP contribution in [0.2, 0.25) is 5.02 Å². The molecule has 0 atom stereocenters. The predicted molar refractivity (Wildman–Crippen MR) is 88.7 cm³/mol. The number of hydrogen-bond acceptors (Lipinski definition) is 3. The lowest BCUT2D eigenvalue weighted by molar-refractivity contribution is -0.115. The molecule has 0 radical (unpaired) electrons. The molecular weight excluding hydrogens is 304 g/mol. The largest absolute Gasteiger partial charge is 0.300 e. The molecule has 0 aromatic heterocycles. The smallest absolute Gasteiger partial charge is 0.264 e. The van der Waals surface area contributed by atoms with Crippen LogP contribution >= 0.6 is 23.4 Å². The summed E-state index contributed by atoms with van der Waals surface area (Å²) in [5, 5.41) is 3.93. The Kier molecular flexibility index (Phi) is 4.08. The molecule has 1 saturated heterocycles. The summed E-state index contributed by atoms with van der Waals surface area (Å²) in [4.78, 5) is 16.9. The molecule has 1 aliphatic rings. The molecule has 3 rings (SSSR count). The standard InChI is InChI=1S/C16H11ClN2OS/c17-12-7-4-8-13(10-12)18-16-19-15(20)14(21-16)9-11-5-2-1-3-6-11/h1-10H,(H,18,19,20)/b14-9+. The zero-order valence-electron chi connectivity index (χ0n) is 10.9. The molecule has 1 aliphatic heterocycles. The van der Waals surface area contributed by atoms with Gasteiger partial charge in [0.05, 0.1) is 10.6 Å². The molecule has 0 unspecified atom stereocenters. The number of benzene rings is 2. The number of rotatable bonds is 2. The Labute approximate surface area is 131 Å². The minimum atomic E-state index is -0.135. The molecule has 21 heavy (non-hydrogen) atoms. The SMILES string of the molecule is O=C1NC(=Nc2cccc(Cl)c2)S/C1=C/c1ccccc1. The fraction of sp³-hybridized carbons (Fsp3) is 0. The van der Waals surface area contributed by atoms with E-state index in [0.717, 1.165) is 5.56 Å². The first-order valence-corrected chi connectivity index (χ1v) is 7.50. The van der Waals surface area contributed by atoms with Gasteiger partial charge in [-0.1, -0.05) is 48.0 Å². The zero-order chi connectivity index (χ0) is 14.7. The first-order valence-electron chi connectivity index (χ1n) is 6.31. The minimum Gasteiger partial charge on any atom is -0.300 e. The van der Waals surface area contributed by atoms with Crippen LogP contribution in [-0.2, 0) is 4.79 Å². The summed E-state index contributed by atoms with van der Waals surface area (Å²) in [6, 6.07) is 16.9. The highest BCUT2D eigenvalue weighted by atomic mass is 35.5. The van der Waals surface area contributed by atoms with Crippen LogP contribution in [0.15, 0.2) is 64.5 Å². The molecule has 0 aliphatic carbocycles. The monoisotopic (exact) mass is 314 g/mol. The van der Waals surface area contributed by atoms with Crippen molar-refractivity contribution < 1.29 is 4.79 Å². The molecule has 0 saturated carbocycles. The van der Waals surface area contributed by atoms with Crippen LogP contribution < -0.4 is 5.32 Å². The number of nitrogens with one attached hydrogen (secondary N) is 1. The summed E-state index contributed by atoms with van der Waals surface area (Å²) in [6.07, 6.45) is 1.85. The van der Waals surface area contributed by atoms with E-state index in [1.807, 2.05) is 48.5 Å². The van der Waals surface area contributed by atoms with Crippen molar-refractivity contribution in [3.63, 3.8) is 0 Å². The Balaban J connectivity index is 1.83. The van der Waals surface area contributed by atoms with Gasteiger partial charge in [0.1, 0.15) is 0 Å². The summed E-state index contributed by atoms with van der Waals surface area (Å²) < 4.78 is 0. The van der Waals surface area contributed by atoms with E-state index in [0.29, 0.717) is 20.8 Å². The summed E-state index contributed by atoms with van der Waals surface area (Å²) in [7, 11) is 0. The topological polar surface area (TPSA) is 41.5 Å². The number of halogens is 1. The molecule has 1 fully saturated rings. The fourth-order valence-corrected chi connectivity index (χ4v) is 2.87. The van der Waals surface area contributed by atoms with Gasteiger partial charge in [-0.05, 0) is 41.6 Å². The quantitative estimate of drug-likeness (QED) is 0.843. The van der Waals surface area contributed by atoms with Crippen molar-refractivity contribution in [1.29, 1.82) is 0 Å². The normalized spacial score (nSPS) is 18.2. The highest BCUT2D eigenvalue weighted by Crippen LogP contribution is 2.28. The van der Waals surface area contributed by atoms with Crippen LogP contribution in [0.5, 0.6) is 0 Å². The van der Waals surface area contributed by atoms with Crippen molar-refractivity contribution in [3.8, 4) is 0 Å². The van der Waals surface area contributed by atoms with Gasteiger partial charge >= 0.3 is 0 Å². The van der Waals surface area contributed by atoms with E-state index in [1.165, 1.54) is 11.8 Å². The van der Waals surface area contributed by atoms with Gasteiger partial charge in [-0.3, -0.25) is 4.79 Å². The lowest BCUT2D eigenvalue weighted by Crippen LogP contribution is -2.19. The lowest BCUT2D eigenvalue weighted by atomic mass is 10.2. The number of amidine groups is 1. The number of carbonyl (C=O) groups excluding carboxylic acids is 1. The average Bonchev–Trinajstić information content (AvgIpc) is 2.80. The van der Waals surface area contributed by atoms with Crippen molar-refractivity contribution in [2.45, 2.75) is 0 Å². The maximum Gasteiger partial charge on any atom is 0.264 e. The third-order valence-electron chi connectivity index (χ3n) is 2.79. The third kappa shape index (κ3) is 3.54. The summed E-state index contributed by atoms with van der Waals surface area (Å²) in [5.41, 5.74) is 1.70. The number of nitrogens with zero attached hydrogens (tertiary/aromatic N) is 1. The van der Waals surface area contributed by atoms with Crippen LogP contribution in [-0.4, -0.2) is 11.1 Å². The second-order valence-electron chi connectivity index (χ2n) is 4.37. The average molecular weight is 315 g/mol. The van der Waals surface area contributed by atoms with Gasteiger partial charge in [0.15, 0.2) is 5.17 Å². The molecule has 2 aromatic carbocycles. The van der Waals surface area contributed by atoms with Gasteiger partial charge in [0.2, 0.25) is 0 Å². The van der Waals surface area contributed by atoms with Crippen molar-refractivity contribution >= 4 is 46.2 Å². The Morgan fingerprint density at radius 3 is 2.67 bits per heavy atom. The maximum atomic E-state index is 11.9. The molecule has 0 spiro atoms. The Morgan fingerprint density at radius 1 is 1.10 bits per heavy atom. The highest BCUT2D eigenvalue weighted by molar-refractivity contribution is 8.18. The molecule has 3 nitrogen and oxygen atoms in total. The van der Waals surface area contributed by atoms with Crippen molar-refractivity contribution in [2.24, 2.45) is 4.99 Å². The van der Waals surface area contributed by atoms with Gasteiger partial charge in [0, 0.05) is 5.02 Å². The van der Waals surface area contributed by atoms with E-state index < -0.39 is 0 Å². The summed E-state index contributed by atoms with van der Waals surface area (Å²) in [5.74, 6) is -0.135. The van der Waals surface area contributed by atoms with Crippen LogP contribution in [0.3, 0.4) is 0 Å². The van der Waals surface area contributed by atoms with Gasteiger partial charge < -0.3 is 5.32 Å². The van der Waals surface area contributed by atoms with Crippen LogP contribution in [0.25, 0.3) is 6.08 Å². The number of carbonyl (C=O) groups is 1. The molecule has 2 aromatic rings. The third-order valence-corrected chi connectivity index (χ3v) is 3.93. The molecule has 5 heteroatoms. The molecule has 104 valence electrons. The molecule has 1 amide bonds. The van der Waals surface area contributed by atoms with E-state index in [1.54, 1.807) is 12.1 Å². The second kappa shape index (κ2) is 6.16. The Bertz CT molecular complexity index is 741. The summed E-state index contributed by atoms with van der Waals surface area (Å²) >= 11 is 7.24. The minimum absolute atomic E-state index is 0.135. The van der Waals surface area contributed by atoms with Gasteiger partial charge in [-0.2, -0.15) is 0 Å². The van der Waals surface area contributed by atoms with Crippen LogP contribution in [0, 0.1) is 0 Å². The highest BCUT2D eigenvalue weighted by Gasteiger charge is 2.23. The van der Waals surface area contributed by atoms with Gasteiger partial charge in [-0.25, -0.2) is 4.99 Å². The summed E-state index contributed by atoms with van der Waals surface area (Å²) in [6.45, 7) is 0. The van der Waals surface area contributed by atoms with Gasteiger partial charge in [-0.15, -0.1) is 0 Å². The number of amides is 1. The lowest BCUT2D eigenvalue weighted by Gasteiger charge is -1.96. The molecule has 1 heterocycles. The van der Waals surface area contributed by atoms with E-state index in [-0.39, 0.29) is 5.91 Å². The number of hydrogen-bond donors (Lipinski definition) is 1. The second-order valence-corrected chi connectivity index (χ2v) is 5.84. The van der Waals surface area contributed by atoms with Crippen molar-refractivity contribution in [3.05, 3.63) is 70.1 Å². The maximum absolute atomic E-state index is 11.9. The molecule has 1 N–H and O–H groups in total. The Hall–Kier alpha value is -2.04. The van der Waals surface area contributed by atoms with E-state index in [4.69, 9.17) is 11.6 Å². The Morgan fingerprint density at radius 2 is 1.90 bits per heavy atom. The molecule has 0 bridgehead atoms. The number of thioether (sulfide) groups is 1. The van der Waals surface area contributed by atoms with Crippen molar-refractivity contribution in [2.75, 3.05) is 0 Å². The van der Waals surface area contributed by atoms with E-state index in [9.17, 15) is 4.79 Å². The van der Waals surface area contributed by atoms with Crippen molar-refractivity contribution in [1.82, 2.24) is 5.32 Å². The predicted octanol–water partition coefficient (Wildman–Crippen LogP) is 4.23. The zero-order valence-corrected chi connectivity index (χ0v) is 12.5. The fourth-order valence-electron chi connectivity index (χ4n) is 1.84. The first kappa shape index (κ1) is 13.9. The molecular formula is C16H11ClN2OS. The first-order chi connectivity index (χ1) is 10.2. The van der Waals surface area contributed by atoms with E-state index >= 15 is 0 Å².